The van der Waals surface area contributed by atoms with Crippen LogP contribution in [0.3, 0.4) is 0 Å². The fourth-order valence-corrected chi connectivity index (χ4v) is 13.3. The summed E-state index contributed by atoms with van der Waals surface area (Å²) in [6.45, 7) is -0.105. The van der Waals surface area contributed by atoms with E-state index in [4.69, 9.17) is 0 Å². The van der Waals surface area contributed by atoms with E-state index in [-0.39, 0.29) is 6.71 Å². The molecule has 0 atom stereocenters. The van der Waals surface area contributed by atoms with Gasteiger partial charge in [-0.3, -0.25) is 0 Å². The first-order chi connectivity index (χ1) is 41.2. The highest BCUT2D eigenvalue weighted by Crippen LogP contribution is 2.51. The average molecular weight is 1060 g/mol. The summed E-state index contributed by atoms with van der Waals surface area (Å²) >= 11 is 0. The molecule has 0 amide bonds. The van der Waals surface area contributed by atoms with E-state index in [1.165, 1.54) is 44.2 Å². The van der Waals surface area contributed by atoms with Crippen molar-refractivity contribution in [3.63, 3.8) is 0 Å². The van der Waals surface area contributed by atoms with Crippen LogP contribution in [0.25, 0.3) is 33.4 Å². The minimum absolute atomic E-state index is 0.105. The molecule has 0 unspecified atom stereocenters. The van der Waals surface area contributed by atoms with Crippen molar-refractivity contribution in [1.82, 2.24) is 0 Å². The molecule has 0 aliphatic carbocycles. The molecule has 0 aromatic heterocycles. The molecule has 2 aliphatic rings. The summed E-state index contributed by atoms with van der Waals surface area (Å²) < 4.78 is 0. The molecule has 15 rings (SSSR count). The molecular formula is C79H56BN3. The molecule has 83 heavy (non-hydrogen) atoms. The predicted octanol–water partition coefficient (Wildman–Crippen LogP) is 18.6. The molecule has 390 valence electrons. The van der Waals surface area contributed by atoms with E-state index in [0.29, 0.717) is 0 Å². The van der Waals surface area contributed by atoms with Gasteiger partial charge in [-0.1, -0.05) is 261 Å². The van der Waals surface area contributed by atoms with Crippen molar-refractivity contribution in [1.29, 1.82) is 0 Å². The van der Waals surface area contributed by atoms with E-state index in [9.17, 15) is 0 Å². The van der Waals surface area contributed by atoms with Crippen molar-refractivity contribution in [3.05, 3.63) is 362 Å². The maximum absolute atomic E-state index is 2.58. The zero-order valence-corrected chi connectivity index (χ0v) is 45.8. The molecule has 0 saturated heterocycles. The standard InChI is InChI=1S/C79H56BN3/c1-9-27-57(28-10-1)60-45-50-73-75(54-60)83(70-52-61(58-29-11-2-12-30-58)51-62(53-70)59-31-13-3-14-32-59)77-56-71(81(67-39-21-7-22-40-67)68-41-23-8-24-42-68)55-76-78(77)80(73)72-43-25-26-44-74(72)82(76)69-48-46-66(47-49-69)79(63-33-15-4-16-34-63,64-35-17-5-18-36-64)65-37-19-6-20-38-65/h1-56H. The molecule has 0 saturated carbocycles. The van der Waals surface area contributed by atoms with Gasteiger partial charge in [-0.15, -0.1) is 0 Å². The van der Waals surface area contributed by atoms with Gasteiger partial charge in [0.05, 0.1) is 11.1 Å². The molecule has 4 heteroatoms. The first-order valence-corrected chi connectivity index (χ1v) is 28.7. The lowest BCUT2D eigenvalue weighted by atomic mass is 9.33. The third kappa shape index (κ3) is 8.63. The number of nitrogens with zero attached hydrogens (tertiary/aromatic N) is 3. The van der Waals surface area contributed by atoms with Gasteiger partial charge in [-0.05, 0) is 151 Å². The lowest BCUT2D eigenvalue weighted by Crippen LogP contribution is -2.61. The van der Waals surface area contributed by atoms with Gasteiger partial charge in [0.25, 0.3) is 6.71 Å². The quantitative estimate of drug-likeness (QED) is 0.0892. The predicted molar refractivity (Wildman–Crippen MR) is 350 cm³/mol. The van der Waals surface area contributed by atoms with Gasteiger partial charge in [-0.2, -0.15) is 0 Å². The van der Waals surface area contributed by atoms with Gasteiger partial charge in [0, 0.05) is 45.5 Å². The summed E-state index contributed by atoms with van der Waals surface area (Å²) in [5, 5.41) is 0. The van der Waals surface area contributed by atoms with Crippen LogP contribution in [-0.4, -0.2) is 6.71 Å². The molecule has 13 aromatic rings. The molecule has 3 nitrogen and oxygen atoms in total. The van der Waals surface area contributed by atoms with Crippen LogP contribution in [-0.2, 0) is 5.41 Å². The molecule has 0 bridgehead atoms. The first kappa shape index (κ1) is 49.4. The van der Waals surface area contributed by atoms with Gasteiger partial charge in [0.2, 0.25) is 0 Å². The summed E-state index contributed by atoms with van der Waals surface area (Å²) in [7, 11) is 0. The fourth-order valence-electron chi connectivity index (χ4n) is 13.3. The molecule has 0 radical (unpaired) electrons. The minimum atomic E-state index is -0.603. The Labute approximate surface area is 487 Å². The number of benzene rings is 13. The van der Waals surface area contributed by atoms with Crippen LogP contribution in [0.15, 0.2) is 340 Å². The van der Waals surface area contributed by atoms with Crippen LogP contribution < -0.4 is 31.1 Å². The summed E-state index contributed by atoms with van der Waals surface area (Å²) in [4.78, 5) is 7.54. The first-order valence-electron chi connectivity index (χ1n) is 28.7. The maximum atomic E-state index is 2.58. The number of rotatable bonds is 12. The maximum Gasteiger partial charge on any atom is 0.252 e. The number of hydrogen-bond donors (Lipinski definition) is 0. The second-order valence-corrected chi connectivity index (χ2v) is 21.6. The van der Waals surface area contributed by atoms with Crippen LogP contribution in [0, 0.1) is 0 Å². The third-order valence-corrected chi connectivity index (χ3v) is 16.9. The number of fused-ring (bicyclic) bond motifs is 4. The van der Waals surface area contributed by atoms with Crippen LogP contribution >= 0.6 is 0 Å². The lowest BCUT2D eigenvalue weighted by molar-refractivity contribution is 0.745. The van der Waals surface area contributed by atoms with E-state index in [2.05, 4.69) is 354 Å². The summed E-state index contributed by atoms with van der Waals surface area (Å²) in [5.41, 5.74) is 24.8. The second kappa shape index (κ2) is 21.1. The smallest absolute Gasteiger partial charge is 0.252 e. The van der Waals surface area contributed by atoms with Gasteiger partial charge in [-0.25, -0.2) is 0 Å². The molecular weight excluding hydrogens is 1000 g/mol. The monoisotopic (exact) mass is 1060 g/mol. The zero-order chi connectivity index (χ0) is 55.1. The number of anilines is 9. The Morgan fingerprint density at radius 1 is 0.241 bits per heavy atom. The second-order valence-electron chi connectivity index (χ2n) is 21.6. The van der Waals surface area contributed by atoms with Gasteiger partial charge in [0.15, 0.2) is 0 Å². The average Bonchev–Trinajstić information content (AvgIpc) is 2.34. The third-order valence-electron chi connectivity index (χ3n) is 16.9. The van der Waals surface area contributed by atoms with Crippen LogP contribution in [0.4, 0.5) is 51.2 Å². The Balaban J connectivity index is 1.03. The van der Waals surface area contributed by atoms with Crippen molar-refractivity contribution in [2.24, 2.45) is 0 Å². The summed E-state index contributed by atoms with van der Waals surface area (Å²) in [6.07, 6.45) is 0. The van der Waals surface area contributed by atoms with Crippen LogP contribution in [0.1, 0.15) is 22.3 Å². The van der Waals surface area contributed by atoms with E-state index in [0.717, 1.165) is 79.0 Å². The van der Waals surface area contributed by atoms with Crippen molar-refractivity contribution < 1.29 is 0 Å². The number of hydrogen-bond acceptors (Lipinski definition) is 3. The highest BCUT2D eigenvalue weighted by atomic mass is 15.2. The molecule has 0 fully saturated rings. The number of para-hydroxylation sites is 3. The van der Waals surface area contributed by atoms with Crippen molar-refractivity contribution in [2.75, 3.05) is 14.7 Å². The SMILES string of the molecule is c1ccc(-c2cc(-c3ccccc3)cc(N3c4cc(-c5ccccc5)ccc4B4c5ccccc5N(c5ccc(C(c6ccccc6)(c6ccccc6)c6ccccc6)cc5)c5cc(N(c6ccccc6)c6ccccc6)cc3c54)c2)cc1. The lowest BCUT2D eigenvalue weighted by Gasteiger charge is -2.45. The molecule has 13 aromatic carbocycles. The van der Waals surface area contributed by atoms with E-state index >= 15 is 0 Å². The Hall–Kier alpha value is -10.7. The van der Waals surface area contributed by atoms with E-state index in [1.54, 1.807) is 0 Å². The normalized spacial score (nSPS) is 12.3. The molecule has 0 spiro atoms. The highest BCUT2D eigenvalue weighted by molar-refractivity contribution is 7.00. The van der Waals surface area contributed by atoms with Crippen molar-refractivity contribution >= 4 is 74.3 Å². The summed E-state index contributed by atoms with van der Waals surface area (Å²) in [5.74, 6) is 0. The highest BCUT2D eigenvalue weighted by Gasteiger charge is 2.45. The summed E-state index contributed by atoms with van der Waals surface area (Å²) in [6, 6.07) is 125. The Bertz CT molecular complexity index is 4220. The van der Waals surface area contributed by atoms with Gasteiger partial charge < -0.3 is 14.7 Å². The molecule has 0 N–H and O–H groups in total. The Morgan fingerprint density at radius 2 is 0.627 bits per heavy atom. The van der Waals surface area contributed by atoms with E-state index < -0.39 is 5.41 Å². The topological polar surface area (TPSA) is 9.72 Å². The van der Waals surface area contributed by atoms with Crippen LogP contribution in [0.2, 0.25) is 0 Å². The Morgan fingerprint density at radius 3 is 1.11 bits per heavy atom. The largest absolute Gasteiger partial charge is 0.311 e. The van der Waals surface area contributed by atoms with Gasteiger partial charge in [0.1, 0.15) is 0 Å². The Kier molecular flexibility index (Phi) is 12.5. The van der Waals surface area contributed by atoms with Gasteiger partial charge >= 0.3 is 0 Å². The minimum Gasteiger partial charge on any atom is -0.311 e. The van der Waals surface area contributed by atoms with E-state index in [1.807, 2.05) is 0 Å². The van der Waals surface area contributed by atoms with Crippen molar-refractivity contribution in [3.8, 4) is 33.4 Å². The molecule has 2 heterocycles. The van der Waals surface area contributed by atoms with Crippen LogP contribution in [0.5, 0.6) is 0 Å². The fraction of sp³-hybridized carbons (Fsp3) is 0.0127. The van der Waals surface area contributed by atoms with Crippen molar-refractivity contribution in [2.45, 2.75) is 5.41 Å². The zero-order valence-electron chi connectivity index (χ0n) is 45.8. The molecule has 2 aliphatic heterocycles.